The van der Waals surface area contributed by atoms with Crippen molar-refractivity contribution in [1.29, 1.82) is 0 Å². The molecule has 1 aromatic carbocycles. The lowest BCUT2D eigenvalue weighted by atomic mass is 10.0. The highest BCUT2D eigenvalue weighted by molar-refractivity contribution is 5.67. The molecule has 2 N–H and O–H groups in total. The minimum atomic E-state index is -1.18. The number of amides is 1. The van der Waals surface area contributed by atoms with Gasteiger partial charge in [0, 0.05) is 11.5 Å². The molecule has 2 rings (SSSR count). The lowest BCUT2D eigenvalue weighted by Crippen LogP contribution is -2.44. The summed E-state index contributed by atoms with van der Waals surface area (Å²) in [5, 5.41) is 15.9. The minimum absolute atomic E-state index is 0.375. The van der Waals surface area contributed by atoms with Crippen LogP contribution in [0.3, 0.4) is 0 Å². The van der Waals surface area contributed by atoms with Gasteiger partial charge in [0.15, 0.2) is 6.29 Å². The smallest absolute Gasteiger partial charge is 0.407 e. The first-order valence-electron chi connectivity index (χ1n) is 7.46. The van der Waals surface area contributed by atoms with Crippen LogP contribution < -0.4 is 5.32 Å². The third kappa shape index (κ3) is 5.14. The molecule has 1 fully saturated rings. The number of azide groups is 1. The molecule has 8 heteroatoms. The molecule has 0 aromatic heterocycles. The highest BCUT2D eigenvalue weighted by Gasteiger charge is 2.33. The number of nitrogens with one attached hydrogen (secondary N) is 1. The number of ether oxygens (including phenoxy) is 2. The van der Waals surface area contributed by atoms with Crippen LogP contribution >= 0.6 is 0 Å². The predicted octanol–water partition coefficient (Wildman–Crippen LogP) is 2.48. The second-order valence-corrected chi connectivity index (χ2v) is 5.36. The molecule has 1 aromatic rings. The molecule has 124 valence electrons. The van der Waals surface area contributed by atoms with E-state index in [2.05, 4.69) is 15.3 Å². The topological polar surface area (TPSA) is 117 Å². The van der Waals surface area contributed by atoms with Crippen molar-refractivity contribution in [3.8, 4) is 0 Å². The number of hydrogen-bond acceptors (Lipinski definition) is 5. The van der Waals surface area contributed by atoms with E-state index in [1.807, 2.05) is 30.3 Å². The Bertz CT molecular complexity index is 562. The highest BCUT2D eigenvalue weighted by Crippen LogP contribution is 2.24. The van der Waals surface area contributed by atoms with E-state index >= 15 is 0 Å². The van der Waals surface area contributed by atoms with Gasteiger partial charge in [0.05, 0.1) is 12.1 Å². The normalized spacial score (nSPS) is 25.0. The first kappa shape index (κ1) is 17.1. The van der Waals surface area contributed by atoms with Crippen molar-refractivity contribution < 1.29 is 19.4 Å². The van der Waals surface area contributed by atoms with Gasteiger partial charge in [-0.1, -0.05) is 35.4 Å². The van der Waals surface area contributed by atoms with E-state index in [9.17, 15) is 9.90 Å². The summed E-state index contributed by atoms with van der Waals surface area (Å²) in [5.41, 5.74) is 9.37. The van der Waals surface area contributed by atoms with Crippen molar-refractivity contribution in [2.75, 3.05) is 0 Å². The number of aliphatic hydroxyl groups is 1. The molecule has 8 nitrogen and oxygen atoms in total. The van der Waals surface area contributed by atoms with Crippen LogP contribution in [0.5, 0.6) is 0 Å². The molecule has 4 atom stereocenters. The SMILES string of the molecule is C[C@H](OC(=O)NCc1ccccc1)[C@@H]1CCC(N=[N+]=[N-])C(O)O1. The van der Waals surface area contributed by atoms with Gasteiger partial charge < -0.3 is 19.9 Å². The zero-order valence-corrected chi connectivity index (χ0v) is 12.8. The second kappa shape index (κ2) is 8.38. The summed E-state index contributed by atoms with van der Waals surface area (Å²) >= 11 is 0. The predicted molar refractivity (Wildman–Crippen MR) is 82.3 cm³/mol. The number of hydrogen-bond donors (Lipinski definition) is 2. The Balaban J connectivity index is 1.76. The van der Waals surface area contributed by atoms with E-state index in [0.717, 1.165) is 5.56 Å². The fourth-order valence-corrected chi connectivity index (χ4v) is 2.40. The average molecular weight is 320 g/mol. The number of carbonyl (C=O) groups excluding carboxylic acids is 1. The number of rotatable bonds is 5. The Morgan fingerprint density at radius 3 is 2.91 bits per heavy atom. The first-order valence-corrected chi connectivity index (χ1v) is 7.46. The van der Waals surface area contributed by atoms with Gasteiger partial charge in [-0.25, -0.2) is 4.79 Å². The van der Waals surface area contributed by atoms with Gasteiger partial charge in [0.2, 0.25) is 0 Å². The fraction of sp³-hybridized carbons (Fsp3) is 0.533. The molecule has 1 saturated heterocycles. The summed E-state index contributed by atoms with van der Waals surface area (Å²) in [5.74, 6) is 0. The molecule has 23 heavy (non-hydrogen) atoms. The number of nitrogens with zero attached hydrogens (tertiary/aromatic N) is 3. The van der Waals surface area contributed by atoms with Gasteiger partial charge in [0.1, 0.15) is 6.10 Å². The van der Waals surface area contributed by atoms with Crippen molar-refractivity contribution in [1.82, 2.24) is 5.32 Å². The van der Waals surface area contributed by atoms with E-state index < -0.39 is 30.6 Å². The molecule has 0 saturated carbocycles. The summed E-state index contributed by atoms with van der Waals surface area (Å²) in [4.78, 5) is 14.5. The molecule has 1 amide bonds. The van der Waals surface area contributed by atoms with E-state index in [1.54, 1.807) is 6.92 Å². The lowest BCUT2D eigenvalue weighted by molar-refractivity contribution is -0.194. The van der Waals surface area contributed by atoms with Crippen LogP contribution in [0.15, 0.2) is 35.4 Å². The number of alkyl carbamates (subject to hydrolysis) is 1. The molecule has 0 radical (unpaired) electrons. The van der Waals surface area contributed by atoms with Gasteiger partial charge in [-0.2, -0.15) is 0 Å². The lowest BCUT2D eigenvalue weighted by Gasteiger charge is -2.33. The Kier molecular flexibility index (Phi) is 6.22. The maximum atomic E-state index is 11.8. The summed E-state index contributed by atoms with van der Waals surface area (Å²) in [6.45, 7) is 2.08. The molecule has 1 heterocycles. The van der Waals surface area contributed by atoms with Gasteiger partial charge >= 0.3 is 6.09 Å². The average Bonchev–Trinajstić information content (AvgIpc) is 2.56. The maximum Gasteiger partial charge on any atom is 0.407 e. The van der Waals surface area contributed by atoms with Crippen LogP contribution in [0.1, 0.15) is 25.3 Å². The van der Waals surface area contributed by atoms with Crippen LogP contribution in [-0.4, -0.2) is 35.7 Å². The van der Waals surface area contributed by atoms with Gasteiger partial charge in [0.25, 0.3) is 0 Å². The molecular formula is C15H20N4O4. The monoisotopic (exact) mass is 320 g/mol. The molecular weight excluding hydrogens is 300 g/mol. The Morgan fingerprint density at radius 2 is 2.26 bits per heavy atom. The quantitative estimate of drug-likeness (QED) is 0.492. The number of aliphatic hydroxyl groups excluding tert-OH is 1. The van der Waals surface area contributed by atoms with Crippen LogP contribution in [-0.2, 0) is 16.0 Å². The van der Waals surface area contributed by atoms with Gasteiger partial charge in [-0.15, -0.1) is 0 Å². The zero-order valence-electron chi connectivity index (χ0n) is 12.8. The molecule has 0 bridgehead atoms. The Morgan fingerprint density at radius 1 is 1.52 bits per heavy atom. The van der Waals surface area contributed by atoms with E-state index in [0.29, 0.717) is 19.4 Å². The molecule has 0 spiro atoms. The van der Waals surface area contributed by atoms with Crippen molar-refractivity contribution in [2.24, 2.45) is 5.11 Å². The van der Waals surface area contributed by atoms with Crippen molar-refractivity contribution in [2.45, 2.75) is 50.8 Å². The van der Waals surface area contributed by atoms with Crippen LogP contribution in [0.2, 0.25) is 0 Å². The van der Waals surface area contributed by atoms with Crippen molar-refractivity contribution in [3.05, 3.63) is 46.3 Å². The van der Waals surface area contributed by atoms with Crippen molar-refractivity contribution >= 4 is 6.09 Å². The number of carbonyl (C=O) groups is 1. The van der Waals surface area contributed by atoms with E-state index in [1.165, 1.54) is 0 Å². The second-order valence-electron chi connectivity index (χ2n) is 5.36. The zero-order chi connectivity index (χ0) is 16.7. The summed E-state index contributed by atoms with van der Waals surface area (Å²) in [6, 6.07) is 8.89. The largest absolute Gasteiger partial charge is 0.444 e. The highest BCUT2D eigenvalue weighted by atomic mass is 16.6. The summed E-state index contributed by atoms with van der Waals surface area (Å²) < 4.78 is 10.6. The molecule has 2 unspecified atom stereocenters. The standard InChI is InChI=1S/C15H20N4O4/c1-10(13-8-7-12(18-19-16)14(20)23-13)22-15(21)17-9-11-5-3-2-4-6-11/h2-6,10,12-14,20H,7-9H2,1H3,(H,17,21)/t10-,12?,13-,14?/m0/s1. The first-order chi connectivity index (χ1) is 11.1. The Hall–Kier alpha value is -2.28. The maximum absolute atomic E-state index is 11.8. The summed E-state index contributed by atoms with van der Waals surface area (Å²) in [7, 11) is 0. The molecule has 0 aliphatic carbocycles. The van der Waals surface area contributed by atoms with Gasteiger partial charge in [-0.3, -0.25) is 0 Å². The summed E-state index contributed by atoms with van der Waals surface area (Å²) in [6.07, 6.45) is -1.66. The fourth-order valence-electron chi connectivity index (χ4n) is 2.40. The number of benzene rings is 1. The third-order valence-electron chi connectivity index (χ3n) is 3.69. The van der Waals surface area contributed by atoms with Crippen LogP contribution in [0.4, 0.5) is 4.79 Å². The molecule has 1 aliphatic rings. The molecule has 1 aliphatic heterocycles. The van der Waals surface area contributed by atoms with Gasteiger partial charge in [-0.05, 0) is 30.9 Å². The third-order valence-corrected chi connectivity index (χ3v) is 3.69. The minimum Gasteiger partial charge on any atom is -0.444 e. The van der Waals surface area contributed by atoms with E-state index in [4.69, 9.17) is 15.0 Å². The van der Waals surface area contributed by atoms with Crippen LogP contribution in [0, 0.1) is 0 Å². The van der Waals surface area contributed by atoms with E-state index in [-0.39, 0.29) is 0 Å². The van der Waals surface area contributed by atoms with Crippen LogP contribution in [0.25, 0.3) is 10.4 Å². The Labute approximate surface area is 134 Å². The van der Waals surface area contributed by atoms with Crippen molar-refractivity contribution in [3.63, 3.8) is 0 Å².